The first-order valence-electron chi connectivity index (χ1n) is 9.78. The van der Waals surface area contributed by atoms with E-state index in [1.165, 1.54) is 49.7 Å². The van der Waals surface area contributed by atoms with E-state index in [1.807, 2.05) is 0 Å². The lowest BCUT2D eigenvalue weighted by molar-refractivity contribution is -0.0101. The summed E-state index contributed by atoms with van der Waals surface area (Å²) in [6.45, 7) is 3.12. The van der Waals surface area contributed by atoms with Crippen molar-refractivity contribution in [3.05, 3.63) is 35.4 Å². The minimum atomic E-state index is 0.321. The van der Waals surface area contributed by atoms with Crippen LogP contribution in [-0.2, 0) is 12.8 Å². The summed E-state index contributed by atoms with van der Waals surface area (Å²) in [7, 11) is 0. The quantitative estimate of drug-likeness (QED) is 0.783. The highest BCUT2D eigenvalue weighted by atomic mass is 32.1. The maximum atomic E-state index is 5.62. The fraction of sp³-hybridized carbons (Fsp3) is 0.667. The summed E-state index contributed by atoms with van der Waals surface area (Å²) in [6.07, 6.45) is 10.6. The van der Waals surface area contributed by atoms with Crippen LogP contribution < -0.4 is 10.6 Å². The highest BCUT2D eigenvalue weighted by Gasteiger charge is 2.51. The highest BCUT2D eigenvalue weighted by Crippen LogP contribution is 2.55. The molecule has 4 bridgehead atoms. The van der Waals surface area contributed by atoms with Crippen molar-refractivity contribution in [2.75, 3.05) is 6.54 Å². The summed E-state index contributed by atoms with van der Waals surface area (Å²) in [5, 5.41) is 8.08. The first-order chi connectivity index (χ1) is 11.6. The zero-order valence-electron chi connectivity index (χ0n) is 14.8. The molecular formula is C21H30N2S. The van der Waals surface area contributed by atoms with E-state index in [1.54, 1.807) is 0 Å². The minimum Gasteiger partial charge on any atom is -0.362 e. The molecule has 4 fully saturated rings. The zero-order valence-corrected chi connectivity index (χ0v) is 15.6. The molecule has 0 aliphatic heterocycles. The minimum absolute atomic E-state index is 0.321. The van der Waals surface area contributed by atoms with E-state index in [9.17, 15) is 0 Å². The third kappa shape index (κ3) is 3.46. The first kappa shape index (κ1) is 16.4. The number of rotatable bonds is 5. The highest BCUT2D eigenvalue weighted by molar-refractivity contribution is 7.80. The fourth-order valence-corrected chi connectivity index (χ4v) is 6.13. The molecule has 4 aliphatic rings. The average molecular weight is 343 g/mol. The van der Waals surface area contributed by atoms with Crippen molar-refractivity contribution in [2.24, 2.45) is 17.8 Å². The van der Waals surface area contributed by atoms with Gasteiger partial charge >= 0.3 is 0 Å². The number of aryl methyl sites for hydroxylation is 1. The molecule has 2 N–H and O–H groups in total. The molecule has 130 valence electrons. The Morgan fingerprint density at radius 2 is 1.54 bits per heavy atom. The largest absolute Gasteiger partial charge is 0.362 e. The van der Waals surface area contributed by atoms with Crippen molar-refractivity contribution in [1.29, 1.82) is 0 Å². The number of hydrogen-bond acceptors (Lipinski definition) is 1. The fourth-order valence-electron chi connectivity index (χ4n) is 5.81. The summed E-state index contributed by atoms with van der Waals surface area (Å²) in [6, 6.07) is 8.97. The van der Waals surface area contributed by atoms with Crippen molar-refractivity contribution in [3.8, 4) is 0 Å². The van der Waals surface area contributed by atoms with E-state index < -0.39 is 0 Å². The standard InChI is InChI=1S/C21H30N2S/c1-2-15-3-5-16(6-4-15)7-8-22-20(24)23-21-12-17-9-18(13-21)11-19(10-17)14-21/h3-6,17-19H,2,7-14H2,1H3,(H2,22,23,24). The van der Waals surface area contributed by atoms with Gasteiger partial charge in [-0.15, -0.1) is 0 Å². The van der Waals surface area contributed by atoms with Gasteiger partial charge < -0.3 is 10.6 Å². The van der Waals surface area contributed by atoms with Crippen molar-refractivity contribution in [3.63, 3.8) is 0 Å². The Bertz CT molecular complexity index is 557. The van der Waals surface area contributed by atoms with Crippen molar-refractivity contribution in [2.45, 2.75) is 63.8 Å². The number of nitrogens with one attached hydrogen (secondary N) is 2. The van der Waals surface area contributed by atoms with Crippen LogP contribution in [0.3, 0.4) is 0 Å². The Kier molecular flexibility index (Phi) is 4.55. The van der Waals surface area contributed by atoms with E-state index in [0.717, 1.165) is 42.3 Å². The molecule has 1 aromatic rings. The van der Waals surface area contributed by atoms with Gasteiger partial charge in [-0.3, -0.25) is 0 Å². The van der Waals surface area contributed by atoms with Gasteiger partial charge in [-0.1, -0.05) is 31.2 Å². The van der Waals surface area contributed by atoms with E-state index in [0.29, 0.717) is 5.54 Å². The summed E-state index contributed by atoms with van der Waals surface area (Å²) < 4.78 is 0. The smallest absolute Gasteiger partial charge is 0.166 e. The lowest BCUT2D eigenvalue weighted by atomic mass is 9.53. The maximum absolute atomic E-state index is 5.62. The van der Waals surface area contributed by atoms with Gasteiger partial charge in [0.15, 0.2) is 5.11 Å². The molecule has 0 aromatic heterocycles. The zero-order chi connectivity index (χ0) is 16.6. The number of benzene rings is 1. The Balaban J connectivity index is 1.26. The topological polar surface area (TPSA) is 24.1 Å². The lowest BCUT2D eigenvalue weighted by Crippen LogP contribution is -2.61. The molecule has 0 heterocycles. The third-order valence-electron chi connectivity index (χ3n) is 6.55. The van der Waals surface area contributed by atoms with Crippen LogP contribution >= 0.6 is 12.2 Å². The third-order valence-corrected chi connectivity index (χ3v) is 6.79. The van der Waals surface area contributed by atoms with Gasteiger partial charge in [0.05, 0.1) is 0 Å². The van der Waals surface area contributed by atoms with Crippen LogP contribution in [0, 0.1) is 17.8 Å². The molecule has 4 saturated carbocycles. The molecular weight excluding hydrogens is 312 g/mol. The summed E-state index contributed by atoms with van der Waals surface area (Å²) in [4.78, 5) is 0. The Morgan fingerprint density at radius 3 is 2.08 bits per heavy atom. The van der Waals surface area contributed by atoms with Gasteiger partial charge in [0.2, 0.25) is 0 Å². The van der Waals surface area contributed by atoms with Gasteiger partial charge in [-0.25, -0.2) is 0 Å². The summed E-state index contributed by atoms with van der Waals surface area (Å²) >= 11 is 5.62. The predicted molar refractivity (Wildman–Crippen MR) is 104 cm³/mol. The molecule has 0 atom stereocenters. The molecule has 4 aliphatic carbocycles. The average Bonchev–Trinajstić information content (AvgIpc) is 2.53. The summed E-state index contributed by atoms with van der Waals surface area (Å²) in [5.74, 6) is 2.89. The molecule has 0 unspecified atom stereocenters. The molecule has 0 radical (unpaired) electrons. The number of thiocarbonyl (C=S) groups is 1. The van der Waals surface area contributed by atoms with Crippen LogP contribution in [0.4, 0.5) is 0 Å². The second kappa shape index (κ2) is 6.67. The van der Waals surface area contributed by atoms with Crippen LogP contribution in [-0.4, -0.2) is 17.2 Å². The second-order valence-corrected chi connectivity index (χ2v) is 8.91. The Hall–Kier alpha value is -1.09. The van der Waals surface area contributed by atoms with Crippen LogP contribution in [0.15, 0.2) is 24.3 Å². The normalized spacial score (nSPS) is 33.5. The Morgan fingerprint density at radius 1 is 1.00 bits per heavy atom. The maximum Gasteiger partial charge on any atom is 0.166 e. The Labute approximate surface area is 151 Å². The van der Waals surface area contributed by atoms with Gasteiger partial charge in [0, 0.05) is 12.1 Å². The van der Waals surface area contributed by atoms with E-state index in [-0.39, 0.29) is 0 Å². The van der Waals surface area contributed by atoms with Gasteiger partial charge in [-0.2, -0.15) is 0 Å². The molecule has 0 saturated heterocycles. The van der Waals surface area contributed by atoms with Crippen LogP contribution in [0.25, 0.3) is 0 Å². The van der Waals surface area contributed by atoms with Crippen molar-refractivity contribution >= 4 is 17.3 Å². The molecule has 0 spiro atoms. The van der Waals surface area contributed by atoms with E-state index in [4.69, 9.17) is 12.2 Å². The molecule has 24 heavy (non-hydrogen) atoms. The van der Waals surface area contributed by atoms with Gasteiger partial charge in [0.1, 0.15) is 0 Å². The van der Waals surface area contributed by atoms with Crippen LogP contribution in [0.1, 0.15) is 56.6 Å². The van der Waals surface area contributed by atoms with Crippen molar-refractivity contribution < 1.29 is 0 Å². The monoisotopic (exact) mass is 342 g/mol. The molecule has 0 amide bonds. The van der Waals surface area contributed by atoms with Crippen LogP contribution in [0.5, 0.6) is 0 Å². The van der Waals surface area contributed by atoms with E-state index in [2.05, 4.69) is 41.8 Å². The predicted octanol–water partition coefficient (Wildman–Crippen LogP) is 4.22. The van der Waals surface area contributed by atoms with Crippen LogP contribution in [0.2, 0.25) is 0 Å². The first-order valence-corrected chi connectivity index (χ1v) is 10.2. The molecule has 5 rings (SSSR count). The molecule has 2 nitrogen and oxygen atoms in total. The van der Waals surface area contributed by atoms with Gasteiger partial charge in [-0.05, 0) is 92.5 Å². The van der Waals surface area contributed by atoms with Gasteiger partial charge in [0.25, 0.3) is 0 Å². The van der Waals surface area contributed by atoms with Crippen molar-refractivity contribution in [1.82, 2.24) is 10.6 Å². The lowest BCUT2D eigenvalue weighted by Gasteiger charge is -2.57. The number of hydrogen-bond donors (Lipinski definition) is 2. The SMILES string of the molecule is CCc1ccc(CCNC(=S)NC23CC4CC(CC(C4)C2)C3)cc1. The van der Waals surface area contributed by atoms with E-state index >= 15 is 0 Å². The molecule has 1 aromatic carbocycles. The second-order valence-electron chi connectivity index (χ2n) is 8.50. The molecule has 3 heteroatoms. The summed E-state index contributed by atoms with van der Waals surface area (Å²) in [5.41, 5.74) is 3.12.